The van der Waals surface area contributed by atoms with Gasteiger partial charge in [-0.2, -0.15) is 11.3 Å². The van der Waals surface area contributed by atoms with Crippen molar-refractivity contribution >= 4 is 17.2 Å². The van der Waals surface area contributed by atoms with Crippen LogP contribution >= 0.6 is 11.3 Å². The number of nitrogens with one attached hydrogen (secondary N) is 1. The van der Waals surface area contributed by atoms with Crippen molar-refractivity contribution in [2.45, 2.75) is 51.0 Å². The second-order valence-corrected chi connectivity index (χ2v) is 7.05. The number of aliphatic hydroxyl groups is 1. The summed E-state index contributed by atoms with van der Waals surface area (Å²) in [6.07, 6.45) is 4.92. The lowest BCUT2D eigenvalue weighted by atomic mass is 9.85. The Bertz CT molecular complexity index is 657. The van der Waals surface area contributed by atoms with Gasteiger partial charge in [0.2, 0.25) is 11.8 Å². The number of hydrogen-bond acceptors (Lipinski definition) is 5. The van der Waals surface area contributed by atoms with E-state index in [0.717, 1.165) is 31.2 Å². The molecule has 2 N–H and O–H groups in total. The number of oxazole rings is 1. The van der Waals surface area contributed by atoms with Crippen molar-refractivity contribution in [3.8, 4) is 11.5 Å². The van der Waals surface area contributed by atoms with Gasteiger partial charge < -0.3 is 14.8 Å². The number of thiophene rings is 1. The predicted molar refractivity (Wildman–Crippen MR) is 89.3 cm³/mol. The van der Waals surface area contributed by atoms with Gasteiger partial charge in [-0.25, -0.2) is 4.98 Å². The average Bonchev–Trinajstić information content (AvgIpc) is 3.17. The summed E-state index contributed by atoms with van der Waals surface area (Å²) in [5.41, 5.74) is 0.842. The summed E-state index contributed by atoms with van der Waals surface area (Å²) in [5.74, 6) is 1.09. The van der Waals surface area contributed by atoms with Crippen molar-refractivity contribution in [3.05, 3.63) is 28.3 Å². The van der Waals surface area contributed by atoms with E-state index in [9.17, 15) is 9.90 Å². The van der Waals surface area contributed by atoms with Crippen molar-refractivity contribution in [2.24, 2.45) is 0 Å². The van der Waals surface area contributed by atoms with E-state index in [4.69, 9.17) is 4.42 Å². The molecule has 1 saturated carbocycles. The van der Waals surface area contributed by atoms with Gasteiger partial charge in [0.1, 0.15) is 5.76 Å². The van der Waals surface area contributed by atoms with Gasteiger partial charge in [0.05, 0.1) is 17.7 Å². The molecule has 0 spiro atoms. The Labute approximate surface area is 139 Å². The van der Waals surface area contributed by atoms with Gasteiger partial charge in [0.15, 0.2) is 0 Å². The second-order valence-electron chi connectivity index (χ2n) is 6.27. The Morgan fingerprint density at radius 3 is 2.91 bits per heavy atom. The van der Waals surface area contributed by atoms with Crippen molar-refractivity contribution in [2.75, 3.05) is 6.54 Å². The predicted octanol–water partition coefficient (Wildman–Crippen LogP) is 3.07. The Hall–Kier alpha value is -1.66. The normalized spacial score (nSPS) is 17.1. The minimum atomic E-state index is -0.741. The molecule has 0 unspecified atom stereocenters. The highest BCUT2D eigenvalue weighted by Gasteiger charge is 2.29. The molecule has 0 atom stereocenters. The first kappa shape index (κ1) is 16.2. The van der Waals surface area contributed by atoms with E-state index >= 15 is 0 Å². The van der Waals surface area contributed by atoms with E-state index in [2.05, 4.69) is 10.3 Å². The number of carbonyl (C=O) groups is 1. The number of nitrogens with zero attached hydrogens (tertiary/aromatic N) is 1. The Morgan fingerprint density at radius 2 is 2.22 bits per heavy atom. The number of hydrogen-bond donors (Lipinski definition) is 2. The molecule has 1 aliphatic carbocycles. The number of carbonyl (C=O) groups excluding carboxylic acids is 1. The summed E-state index contributed by atoms with van der Waals surface area (Å²) in [7, 11) is 0. The van der Waals surface area contributed by atoms with Gasteiger partial charge in [0.25, 0.3) is 0 Å². The largest absolute Gasteiger partial charge is 0.441 e. The van der Waals surface area contributed by atoms with Crippen LogP contribution in [-0.4, -0.2) is 28.1 Å². The van der Waals surface area contributed by atoms with Gasteiger partial charge in [0, 0.05) is 17.5 Å². The van der Waals surface area contributed by atoms with Crippen LogP contribution in [0.2, 0.25) is 0 Å². The molecular weight excluding hydrogens is 312 g/mol. The maximum atomic E-state index is 12.1. The molecule has 6 heteroatoms. The molecule has 1 aliphatic rings. The third-order valence-corrected chi connectivity index (χ3v) is 5.07. The molecule has 5 nitrogen and oxygen atoms in total. The van der Waals surface area contributed by atoms with E-state index in [1.54, 1.807) is 11.3 Å². The lowest BCUT2D eigenvalue weighted by molar-refractivity contribution is -0.122. The van der Waals surface area contributed by atoms with Crippen molar-refractivity contribution in [1.82, 2.24) is 10.3 Å². The van der Waals surface area contributed by atoms with Crippen molar-refractivity contribution in [1.29, 1.82) is 0 Å². The summed E-state index contributed by atoms with van der Waals surface area (Å²) < 4.78 is 5.64. The molecule has 3 rings (SSSR count). The minimum absolute atomic E-state index is 0.128. The van der Waals surface area contributed by atoms with Crippen LogP contribution in [0.5, 0.6) is 0 Å². The number of aromatic nitrogens is 1. The van der Waals surface area contributed by atoms with Gasteiger partial charge in [-0.3, -0.25) is 4.79 Å². The average molecular weight is 334 g/mol. The topological polar surface area (TPSA) is 75.4 Å². The zero-order chi connectivity index (χ0) is 16.3. The van der Waals surface area contributed by atoms with Crippen LogP contribution in [0.15, 0.2) is 21.2 Å². The molecule has 0 aliphatic heterocycles. The van der Waals surface area contributed by atoms with Crippen LogP contribution in [-0.2, 0) is 11.2 Å². The molecule has 124 valence electrons. The maximum Gasteiger partial charge on any atom is 0.227 e. The summed E-state index contributed by atoms with van der Waals surface area (Å²) in [5, 5.41) is 17.2. The fourth-order valence-electron chi connectivity index (χ4n) is 2.97. The number of amides is 1. The standard InChI is InChI=1S/C17H22N2O3S/c1-12-14(19-16(22-12)13-5-8-23-10-13)9-15(20)18-11-17(21)6-3-2-4-7-17/h5,8,10,21H,2-4,6-7,9,11H2,1H3,(H,18,20). The fraction of sp³-hybridized carbons (Fsp3) is 0.529. The highest BCUT2D eigenvalue weighted by Crippen LogP contribution is 2.27. The van der Waals surface area contributed by atoms with E-state index in [0.29, 0.717) is 23.9 Å². The number of rotatable bonds is 5. The molecule has 2 aromatic heterocycles. The molecule has 1 fully saturated rings. The minimum Gasteiger partial charge on any atom is -0.441 e. The highest BCUT2D eigenvalue weighted by molar-refractivity contribution is 7.08. The Balaban J connectivity index is 1.57. The molecule has 1 amide bonds. The highest BCUT2D eigenvalue weighted by atomic mass is 32.1. The number of aryl methyl sites for hydroxylation is 1. The van der Waals surface area contributed by atoms with Crippen LogP contribution in [0.1, 0.15) is 43.6 Å². The van der Waals surface area contributed by atoms with E-state index in [1.165, 1.54) is 6.42 Å². The quantitative estimate of drug-likeness (QED) is 0.881. The van der Waals surface area contributed by atoms with Crippen molar-refractivity contribution in [3.63, 3.8) is 0 Å². The van der Waals surface area contributed by atoms with Crippen LogP contribution in [0, 0.1) is 6.92 Å². The molecule has 2 aromatic rings. The molecular formula is C17H22N2O3S. The monoisotopic (exact) mass is 334 g/mol. The van der Waals surface area contributed by atoms with Gasteiger partial charge in [-0.1, -0.05) is 19.3 Å². The van der Waals surface area contributed by atoms with Crippen LogP contribution in [0.25, 0.3) is 11.5 Å². The smallest absolute Gasteiger partial charge is 0.227 e. The molecule has 23 heavy (non-hydrogen) atoms. The maximum absolute atomic E-state index is 12.1. The molecule has 0 bridgehead atoms. The lowest BCUT2D eigenvalue weighted by Crippen LogP contribution is -2.44. The van der Waals surface area contributed by atoms with Crippen LogP contribution in [0.3, 0.4) is 0 Å². The summed E-state index contributed by atoms with van der Waals surface area (Å²) >= 11 is 1.58. The first-order chi connectivity index (χ1) is 11.1. The molecule has 0 radical (unpaired) electrons. The Morgan fingerprint density at radius 1 is 1.43 bits per heavy atom. The summed E-state index contributed by atoms with van der Waals surface area (Å²) in [6, 6.07) is 1.94. The van der Waals surface area contributed by atoms with Crippen LogP contribution in [0.4, 0.5) is 0 Å². The van der Waals surface area contributed by atoms with E-state index in [1.807, 2.05) is 23.8 Å². The zero-order valence-corrected chi connectivity index (χ0v) is 14.1. The van der Waals surface area contributed by atoms with Crippen LogP contribution < -0.4 is 5.32 Å². The third-order valence-electron chi connectivity index (χ3n) is 4.39. The Kier molecular flexibility index (Phi) is 4.82. The lowest BCUT2D eigenvalue weighted by Gasteiger charge is -2.32. The van der Waals surface area contributed by atoms with E-state index in [-0.39, 0.29) is 12.3 Å². The first-order valence-electron chi connectivity index (χ1n) is 8.04. The molecule has 0 aromatic carbocycles. The molecule has 2 heterocycles. The summed E-state index contributed by atoms with van der Waals surface area (Å²) in [6.45, 7) is 2.14. The van der Waals surface area contributed by atoms with Gasteiger partial charge in [-0.15, -0.1) is 0 Å². The third kappa shape index (κ3) is 4.00. The van der Waals surface area contributed by atoms with Gasteiger partial charge >= 0.3 is 0 Å². The first-order valence-corrected chi connectivity index (χ1v) is 8.98. The van der Waals surface area contributed by atoms with E-state index < -0.39 is 5.60 Å². The SMILES string of the molecule is Cc1oc(-c2ccsc2)nc1CC(=O)NCC1(O)CCCCC1. The summed E-state index contributed by atoms with van der Waals surface area (Å²) in [4.78, 5) is 16.6. The fourth-order valence-corrected chi connectivity index (χ4v) is 3.60. The van der Waals surface area contributed by atoms with Crippen molar-refractivity contribution < 1.29 is 14.3 Å². The second kappa shape index (κ2) is 6.84. The zero-order valence-electron chi connectivity index (χ0n) is 13.3. The molecule has 0 saturated heterocycles. The van der Waals surface area contributed by atoms with Gasteiger partial charge in [-0.05, 0) is 31.2 Å².